The second-order valence-corrected chi connectivity index (χ2v) is 12.2. The molecule has 0 atom stereocenters. The Labute approximate surface area is 266 Å². The monoisotopic (exact) mass is 652 g/mol. The van der Waals surface area contributed by atoms with Gasteiger partial charge < -0.3 is 18.1 Å². The van der Waals surface area contributed by atoms with Gasteiger partial charge in [0.05, 0.1) is 10.8 Å². The van der Waals surface area contributed by atoms with E-state index < -0.39 is 21.4 Å². The van der Waals surface area contributed by atoms with Gasteiger partial charge in [0.25, 0.3) is 0 Å². The number of fused-ring (bicyclic) bond motifs is 6. The summed E-state index contributed by atoms with van der Waals surface area (Å²) in [5.41, 5.74) is 0.586. The quantitative estimate of drug-likeness (QED) is 0.150. The first kappa shape index (κ1) is 29.9. The molecule has 6 aromatic carbocycles. The van der Waals surface area contributed by atoms with Crippen LogP contribution in [0.3, 0.4) is 0 Å². The van der Waals surface area contributed by atoms with Gasteiger partial charge in [-0.1, -0.05) is 84.9 Å². The molecule has 0 amide bonds. The average molecular weight is 653 g/mol. The van der Waals surface area contributed by atoms with Gasteiger partial charge in [-0.15, -0.1) is 0 Å². The van der Waals surface area contributed by atoms with Crippen molar-refractivity contribution >= 4 is 54.0 Å². The molecule has 0 unspecified atom stereocenters. The Kier molecular flexibility index (Phi) is 7.37. The van der Waals surface area contributed by atoms with Crippen LogP contribution in [0.1, 0.15) is 0 Å². The van der Waals surface area contributed by atoms with Crippen LogP contribution in [0.2, 0.25) is 0 Å². The molecule has 0 spiro atoms. The number of hydrogen-bond acceptors (Lipinski definition) is 6. The van der Waals surface area contributed by atoms with Gasteiger partial charge in [0.2, 0.25) is 0 Å². The first-order valence-electron chi connectivity index (χ1n) is 14.3. The van der Waals surface area contributed by atoms with E-state index in [0.29, 0.717) is 16.6 Å². The SMILES string of the molecule is O=S(=O)(Oc1cccc2oc3ccc(-c4ccccc4)cc3c12)C(F)(F)F.Oc1cccc2oc3ccc(-c4ccccc4)cc3c12. The smallest absolute Gasteiger partial charge is 0.507 e. The summed E-state index contributed by atoms with van der Waals surface area (Å²) in [6.45, 7) is 0. The van der Waals surface area contributed by atoms with E-state index in [2.05, 4.69) is 22.4 Å². The number of furan rings is 2. The molecule has 0 fully saturated rings. The average Bonchev–Trinajstić information content (AvgIpc) is 3.64. The van der Waals surface area contributed by atoms with Crippen LogP contribution in [0, 0.1) is 0 Å². The number of rotatable bonds is 4. The zero-order valence-electron chi connectivity index (χ0n) is 24.2. The summed E-state index contributed by atoms with van der Waals surface area (Å²) in [6, 6.07) is 40.2. The van der Waals surface area contributed by atoms with Crippen molar-refractivity contribution in [3.8, 4) is 33.8 Å². The lowest BCUT2D eigenvalue weighted by Gasteiger charge is -2.10. The van der Waals surface area contributed by atoms with Gasteiger partial charge in [-0.3, -0.25) is 0 Å². The maximum atomic E-state index is 12.7. The van der Waals surface area contributed by atoms with Crippen molar-refractivity contribution < 1.29 is 39.7 Å². The number of benzene rings is 6. The lowest BCUT2D eigenvalue weighted by atomic mass is 10.0. The minimum Gasteiger partial charge on any atom is -0.507 e. The van der Waals surface area contributed by atoms with E-state index in [9.17, 15) is 26.7 Å². The summed E-state index contributed by atoms with van der Waals surface area (Å²) in [6.07, 6.45) is 0. The molecule has 0 bridgehead atoms. The Morgan fingerprint density at radius 3 is 1.55 bits per heavy atom. The Bertz CT molecular complexity index is 2500. The number of phenols is 1. The molecule has 10 heteroatoms. The van der Waals surface area contributed by atoms with Crippen molar-refractivity contribution in [2.45, 2.75) is 5.51 Å². The number of aromatic hydroxyl groups is 1. The normalized spacial score (nSPS) is 12.0. The predicted molar refractivity (Wildman–Crippen MR) is 176 cm³/mol. The molecular weight excluding hydrogens is 629 g/mol. The lowest BCUT2D eigenvalue weighted by Crippen LogP contribution is -2.28. The van der Waals surface area contributed by atoms with Gasteiger partial charge in [0.15, 0.2) is 5.75 Å². The van der Waals surface area contributed by atoms with Gasteiger partial charge >= 0.3 is 15.6 Å². The Morgan fingerprint density at radius 2 is 1.02 bits per heavy atom. The topological polar surface area (TPSA) is 89.9 Å². The van der Waals surface area contributed by atoms with Gasteiger partial charge in [-0.25, -0.2) is 0 Å². The highest BCUT2D eigenvalue weighted by molar-refractivity contribution is 7.88. The summed E-state index contributed by atoms with van der Waals surface area (Å²) < 4.78 is 76.8. The van der Waals surface area contributed by atoms with Gasteiger partial charge in [-0.05, 0) is 70.8 Å². The standard InChI is InChI=1S/C19H11F3O4S.C18H12O2/c20-19(21,22)27(23,24)26-17-8-4-7-16-18(17)14-11-13(9-10-15(14)25-16)12-5-2-1-3-6-12;19-15-7-4-8-17-18(15)14-11-13(9-10-16(14)20-17)12-5-2-1-3-6-12/h1-11H;1-11,19H. The molecule has 2 aromatic heterocycles. The molecule has 0 aliphatic carbocycles. The molecule has 234 valence electrons. The highest BCUT2D eigenvalue weighted by atomic mass is 32.2. The minimum absolute atomic E-state index is 0.165. The number of halogens is 3. The van der Waals surface area contributed by atoms with Crippen LogP contribution < -0.4 is 4.18 Å². The van der Waals surface area contributed by atoms with E-state index in [1.165, 1.54) is 12.1 Å². The van der Waals surface area contributed by atoms with Crippen molar-refractivity contribution in [1.29, 1.82) is 0 Å². The van der Waals surface area contributed by atoms with Crippen LogP contribution in [0.5, 0.6) is 11.5 Å². The minimum atomic E-state index is -5.79. The van der Waals surface area contributed by atoms with E-state index in [-0.39, 0.29) is 16.7 Å². The van der Waals surface area contributed by atoms with Gasteiger partial charge in [0, 0.05) is 10.8 Å². The summed E-state index contributed by atoms with van der Waals surface area (Å²) in [5.74, 6) is -0.180. The van der Waals surface area contributed by atoms with Crippen LogP contribution in [0.15, 0.2) is 142 Å². The zero-order valence-corrected chi connectivity index (χ0v) is 25.0. The third-order valence-corrected chi connectivity index (χ3v) is 8.59. The fraction of sp³-hybridized carbons (Fsp3) is 0.0270. The van der Waals surface area contributed by atoms with Crippen LogP contribution in [0.25, 0.3) is 66.1 Å². The fourth-order valence-corrected chi connectivity index (χ4v) is 5.93. The van der Waals surface area contributed by atoms with Crippen molar-refractivity contribution in [2.24, 2.45) is 0 Å². The number of hydrogen-bond donors (Lipinski definition) is 1. The molecule has 0 radical (unpaired) electrons. The van der Waals surface area contributed by atoms with E-state index in [0.717, 1.165) is 44.7 Å². The van der Waals surface area contributed by atoms with Crippen LogP contribution >= 0.6 is 0 Å². The van der Waals surface area contributed by atoms with Crippen LogP contribution in [-0.2, 0) is 10.1 Å². The first-order chi connectivity index (χ1) is 22.6. The molecule has 0 aliphatic heterocycles. The molecule has 0 saturated carbocycles. The van der Waals surface area contributed by atoms with Crippen molar-refractivity contribution in [3.05, 3.63) is 133 Å². The maximum absolute atomic E-state index is 12.7. The second-order valence-electron chi connectivity index (χ2n) is 10.6. The Balaban J connectivity index is 0.000000156. The van der Waals surface area contributed by atoms with E-state index in [1.807, 2.05) is 72.8 Å². The zero-order chi connectivity index (χ0) is 32.8. The Hall–Kier alpha value is -5.74. The maximum Gasteiger partial charge on any atom is 0.534 e. The summed E-state index contributed by atoms with van der Waals surface area (Å²) in [5, 5.41) is 12.4. The fourth-order valence-electron chi connectivity index (χ4n) is 5.46. The summed E-state index contributed by atoms with van der Waals surface area (Å²) in [4.78, 5) is 0. The highest BCUT2D eigenvalue weighted by Gasteiger charge is 2.48. The van der Waals surface area contributed by atoms with E-state index in [1.54, 1.807) is 24.3 Å². The predicted octanol–water partition coefficient (Wildman–Crippen LogP) is 10.4. The highest BCUT2D eigenvalue weighted by Crippen LogP contribution is 2.40. The van der Waals surface area contributed by atoms with Crippen LogP contribution in [-0.4, -0.2) is 19.0 Å². The van der Waals surface area contributed by atoms with E-state index >= 15 is 0 Å². The Morgan fingerprint density at radius 1 is 0.532 bits per heavy atom. The number of phenolic OH excluding ortho intramolecular Hbond substituents is 1. The van der Waals surface area contributed by atoms with E-state index in [4.69, 9.17) is 8.83 Å². The molecule has 8 aromatic rings. The van der Waals surface area contributed by atoms with Crippen molar-refractivity contribution in [3.63, 3.8) is 0 Å². The van der Waals surface area contributed by atoms with Crippen LogP contribution in [0.4, 0.5) is 13.2 Å². The molecule has 8 rings (SSSR count). The molecular formula is C37H23F3O6S. The molecule has 47 heavy (non-hydrogen) atoms. The molecule has 0 aliphatic rings. The summed E-state index contributed by atoms with van der Waals surface area (Å²) in [7, 11) is -5.79. The van der Waals surface area contributed by atoms with Crippen molar-refractivity contribution in [1.82, 2.24) is 0 Å². The summed E-state index contributed by atoms with van der Waals surface area (Å²) >= 11 is 0. The lowest BCUT2D eigenvalue weighted by molar-refractivity contribution is -0.0499. The first-order valence-corrected chi connectivity index (χ1v) is 15.7. The second kappa shape index (κ2) is 11.6. The molecule has 1 N–H and O–H groups in total. The number of alkyl halides is 3. The van der Waals surface area contributed by atoms with Gasteiger partial charge in [0.1, 0.15) is 28.1 Å². The largest absolute Gasteiger partial charge is 0.534 e. The third kappa shape index (κ3) is 5.64. The third-order valence-electron chi connectivity index (χ3n) is 7.63. The molecule has 6 nitrogen and oxygen atoms in total. The van der Waals surface area contributed by atoms with Gasteiger partial charge in [-0.2, -0.15) is 21.6 Å². The molecule has 2 heterocycles. The molecule has 0 saturated heterocycles. The van der Waals surface area contributed by atoms with Crippen molar-refractivity contribution in [2.75, 3.05) is 0 Å².